The van der Waals surface area contributed by atoms with Crippen molar-refractivity contribution in [2.75, 3.05) is 47.5 Å². The average molecular weight is 854 g/mol. The molecular formula is C48H88NO9P. The minimum atomic E-state index is -4.65. The summed E-state index contributed by atoms with van der Waals surface area (Å²) in [5.41, 5.74) is 0. The molecule has 10 nitrogen and oxygen atoms in total. The Morgan fingerprint density at radius 2 is 1.02 bits per heavy atom. The molecule has 2 atom stereocenters. The van der Waals surface area contributed by atoms with Gasteiger partial charge in [0.25, 0.3) is 7.82 Å². The lowest BCUT2D eigenvalue weighted by atomic mass is 10.1. The van der Waals surface area contributed by atoms with Crippen molar-refractivity contribution in [2.45, 2.75) is 206 Å². The Morgan fingerprint density at radius 1 is 0.559 bits per heavy atom. The van der Waals surface area contributed by atoms with Crippen LogP contribution in [-0.2, 0) is 37.5 Å². The molecule has 0 aromatic carbocycles. The summed E-state index contributed by atoms with van der Waals surface area (Å²) in [6.07, 6.45) is 41.3. The largest absolute Gasteiger partial charge is 0.756 e. The molecule has 0 N–H and O–H groups in total. The van der Waals surface area contributed by atoms with Crippen molar-refractivity contribution in [1.29, 1.82) is 0 Å². The molecule has 0 aromatic rings. The van der Waals surface area contributed by atoms with Crippen molar-refractivity contribution in [3.63, 3.8) is 0 Å². The van der Waals surface area contributed by atoms with E-state index in [-0.39, 0.29) is 31.8 Å². The summed E-state index contributed by atoms with van der Waals surface area (Å²) in [7, 11) is 1.10. The Bertz CT molecular complexity index is 1160. The summed E-state index contributed by atoms with van der Waals surface area (Å²) in [4.78, 5) is 49.7. The van der Waals surface area contributed by atoms with Gasteiger partial charge in [0, 0.05) is 19.3 Å². The Hall–Kier alpha value is -2.10. The van der Waals surface area contributed by atoms with E-state index in [9.17, 15) is 23.8 Å². The van der Waals surface area contributed by atoms with Crippen LogP contribution in [0.15, 0.2) is 36.5 Å². The minimum absolute atomic E-state index is 0.0507. The number of quaternary nitrogens is 1. The van der Waals surface area contributed by atoms with Crippen molar-refractivity contribution in [2.24, 2.45) is 0 Å². The van der Waals surface area contributed by atoms with Gasteiger partial charge in [0.1, 0.15) is 19.8 Å². The number of likely N-dealkylation sites (N-methyl/N-ethyl adjacent to an activating group) is 1. The van der Waals surface area contributed by atoms with E-state index in [1.807, 2.05) is 33.3 Å². The van der Waals surface area contributed by atoms with Gasteiger partial charge in [-0.1, -0.05) is 153 Å². The zero-order chi connectivity index (χ0) is 43.7. The molecule has 0 saturated heterocycles. The molecule has 0 aliphatic heterocycles. The van der Waals surface area contributed by atoms with E-state index in [0.717, 1.165) is 51.4 Å². The normalized spacial score (nSPS) is 13.7. The molecule has 0 rings (SSSR count). The Morgan fingerprint density at radius 3 is 1.58 bits per heavy atom. The maximum Gasteiger partial charge on any atom is 0.306 e. The molecule has 0 fully saturated rings. The van der Waals surface area contributed by atoms with Gasteiger partial charge < -0.3 is 27.9 Å². The maximum absolute atomic E-state index is 12.7. The number of rotatable bonds is 43. The zero-order valence-corrected chi connectivity index (χ0v) is 39.3. The van der Waals surface area contributed by atoms with Crippen molar-refractivity contribution >= 4 is 25.5 Å². The number of allylic oxidation sites excluding steroid dienone is 6. The highest BCUT2D eigenvalue weighted by Crippen LogP contribution is 2.38. The molecule has 344 valence electrons. The number of carbonyl (C=O) groups excluding carboxylic acids is 3. The second-order valence-electron chi connectivity index (χ2n) is 17.2. The number of ketones is 1. The van der Waals surface area contributed by atoms with Gasteiger partial charge in [-0.2, -0.15) is 0 Å². The van der Waals surface area contributed by atoms with Crippen LogP contribution in [0.4, 0.5) is 0 Å². The predicted molar refractivity (Wildman–Crippen MR) is 241 cm³/mol. The Labute approximate surface area is 361 Å². The second kappa shape index (κ2) is 40.0. The van der Waals surface area contributed by atoms with Gasteiger partial charge in [0.2, 0.25) is 0 Å². The van der Waals surface area contributed by atoms with Crippen LogP contribution in [0.5, 0.6) is 0 Å². The molecule has 0 amide bonds. The van der Waals surface area contributed by atoms with E-state index in [1.165, 1.54) is 103 Å². The fraction of sp³-hybridized carbons (Fsp3) is 0.812. The van der Waals surface area contributed by atoms with Crippen LogP contribution in [0.3, 0.4) is 0 Å². The fourth-order valence-corrected chi connectivity index (χ4v) is 7.07. The third-order valence-corrected chi connectivity index (χ3v) is 11.1. The summed E-state index contributed by atoms with van der Waals surface area (Å²) in [6.45, 7) is 4.04. The molecule has 59 heavy (non-hydrogen) atoms. The number of phosphoric ester groups is 1. The summed E-state index contributed by atoms with van der Waals surface area (Å²) >= 11 is 0. The smallest absolute Gasteiger partial charge is 0.306 e. The lowest BCUT2D eigenvalue weighted by Crippen LogP contribution is -2.37. The molecule has 1 unspecified atom stereocenters. The van der Waals surface area contributed by atoms with E-state index in [0.29, 0.717) is 30.3 Å². The topological polar surface area (TPSA) is 128 Å². The number of ether oxygens (including phenoxy) is 2. The van der Waals surface area contributed by atoms with E-state index in [2.05, 4.69) is 32.1 Å². The van der Waals surface area contributed by atoms with Crippen molar-refractivity contribution in [3.05, 3.63) is 36.5 Å². The van der Waals surface area contributed by atoms with Gasteiger partial charge in [0.15, 0.2) is 11.9 Å². The number of esters is 2. The van der Waals surface area contributed by atoms with Gasteiger partial charge in [0.05, 0.1) is 27.7 Å². The average Bonchev–Trinajstić information content (AvgIpc) is 3.18. The minimum Gasteiger partial charge on any atom is -0.756 e. The number of unbranched alkanes of at least 4 members (excludes halogenated alkanes) is 22. The first-order valence-electron chi connectivity index (χ1n) is 23.6. The van der Waals surface area contributed by atoms with Crippen molar-refractivity contribution in [3.8, 4) is 0 Å². The molecule has 0 aliphatic carbocycles. The van der Waals surface area contributed by atoms with E-state index in [1.54, 1.807) is 6.08 Å². The van der Waals surface area contributed by atoms with Crippen molar-refractivity contribution < 1.29 is 46.8 Å². The molecule has 0 bridgehead atoms. The van der Waals surface area contributed by atoms with Gasteiger partial charge in [-0.15, -0.1) is 0 Å². The summed E-state index contributed by atoms with van der Waals surface area (Å²) < 4.78 is 33.9. The molecule has 0 heterocycles. The van der Waals surface area contributed by atoms with Crippen LogP contribution in [0.25, 0.3) is 0 Å². The molecule has 0 radical (unpaired) electrons. The van der Waals surface area contributed by atoms with Gasteiger partial charge in [-0.25, -0.2) is 0 Å². The molecular weight excluding hydrogens is 765 g/mol. The third-order valence-electron chi connectivity index (χ3n) is 10.1. The quantitative estimate of drug-likeness (QED) is 0.0112. The molecule has 0 saturated carbocycles. The second-order valence-corrected chi connectivity index (χ2v) is 18.6. The Balaban J connectivity index is 4.38. The van der Waals surface area contributed by atoms with Gasteiger partial charge in [-0.05, 0) is 63.9 Å². The molecule has 0 spiro atoms. The van der Waals surface area contributed by atoms with Crippen LogP contribution in [-0.4, -0.2) is 75.8 Å². The number of hydrogen-bond acceptors (Lipinski definition) is 9. The molecule has 0 aliphatic rings. The van der Waals surface area contributed by atoms with Crippen LogP contribution < -0.4 is 4.89 Å². The first kappa shape index (κ1) is 56.9. The Kier molecular flexibility index (Phi) is 38.6. The number of nitrogens with zero attached hydrogens (tertiary/aromatic N) is 1. The lowest BCUT2D eigenvalue weighted by molar-refractivity contribution is -0.870. The van der Waals surface area contributed by atoms with E-state index in [4.69, 9.17) is 18.5 Å². The van der Waals surface area contributed by atoms with Crippen LogP contribution >= 0.6 is 7.82 Å². The maximum atomic E-state index is 12.7. The first-order chi connectivity index (χ1) is 28.4. The highest BCUT2D eigenvalue weighted by Gasteiger charge is 2.21. The number of phosphoric acid groups is 1. The number of hydrogen-bond donors (Lipinski definition) is 0. The highest BCUT2D eigenvalue weighted by atomic mass is 31.2. The SMILES string of the molecule is CCCCC/C=C\C=C\C(=O)CCCCCCCC(=O)OC[C@H](COP(=O)([O-])OCC[N+](C)(C)C)OC(=O)CCCCCCCCCCC/C=C\CCCCCCCC. The van der Waals surface area contributed by atoms with Crippen LogP contribution in [0.1, 0.15) is 200 Å². The zero-order valence-electron chi connectivity index (χ0n) is 38.4. The molecule has 0 aromatic heterocycles. The number of carbonyl (C=O) groups is 3. The third kappa shape index (κ3) is 43.8. The standard InChI is InChI=1S/C48H88NO9P/c1-6-8-10-12-14-15-16-17-18-19-20-21-22-23-24-25-27-31-36-40-48(52)58-46(44-57-59(53,54)56-42-41-49(3,4)5)43-55-47(51)39-35-32-28-30-34-38-45(50)37-33-29-26-13-11-9-7-2/h17-18,26,29,33,37,46H,6-16,19-25,27-28,30-32,34-36,38-44H2,1-5H3/b18-17-,29-26-,37-33+/t46-/m1/s1. The fourth-order valence-electron chi connectivity index (χ4n) is 6.34. The summed E-state index contributed by atoms with van der Waals surface area (Å²) in [5, 5.41) is 0. The van der Waals surface area contributed by atoms with Crippen LogP contribution in [0.2, 0.25) is 0 Å². The van der Waals surface area contributed by atoms with Gasteiger partial charge in [-0.3, -0.25) is 18.9 Å². The van der Waals surface area contributed by atoms with E-state index >= 15 is 0 Å². The first-order valence-corrected chi connectivity index (χ1v) is 25.1. The highest BCUT2D eigenvalue weighted by molar-refractivity contribution is 7.45. The van der Waals surface area contributed by atoms with E-state index < -0.39 is 32.5 Å². The van der Waals surface area contributed by atoms with Crippen LogP contribution in [0, 0.1) is 0 Å². The predicted octanol–water partition coefficient (Wildman–Crippen LogP) is 12.2. The summed E-state index contributed by atoms with van der Waals surface area (Å²) in [6, 6.07) is 0. The monoisotopic (exact) mass is 854 g/mol. The molecule has 11 heteroatoms. The van der Waals surface area contributed by atoms with Gasteiger partial charge >= 0.3 is 11.9 Å². The van der Waals surface area contributed by atoms with Crippen molar-refractivity contribution in [1.82, 2.24) is 0 Å². The lowest BCUT2D eigenvalue weighted by Gasteiger charge is -2.28. The summed E-state index contributed by atoms with van der Waals surface area (Å²) in [5.74, 6) is -0.802.